The maximum atomic E-state index is 4.15. The predicted octanol–water partition coefficient (Wildman–Crippen LogP) is 8.85. The van der Waals surface area contributed by atoms with Gasteiger partial charge in [0, 0.05) is 0 Å². The maximum absolute atomic E-state index is 4.15. The number of hydrogen-bond acceptors (Lipinski definition) is 0. The molecule has 0 aromatic heterocycles. The Morgan fingerprint density at radius 2 is 0.957 bits per heavy atom. The third-order valence-corrected chi connectivity index (χ3v) is 5.07. The van der Waals surface area contributed by atoms with Crippen molar-refractivity contribution >= 4 is 0 Å². The second-order valence-electron chi connectivity index (χ2n) is 7.85. The Kier molecular flexibility index (Phi) is 17.9. The molecule has 0 spiro atoms. The van der Waals surface area contributed by atoms with Crippen molar-refractivity contribution in [3.63, 3.8) is 0 Å². The molecule has 23 heavy (non-hydrogen) atoms. The minimum absolute atomic E-state index is 0.916. The topological polar surface area (TPSA) is 0 Å². The van der Waals surface area contributed by atoms with Crippen molar-refractivity contribution in [1.29, 1.82) is 0 Å². The summed E-state index contributed by atoms with van der Waals surface area (Å²) in [5.41, 5.74) is 1.39. The third-order valence-electron chi connectivity index (χ3n) is 5.07. The van der Waals surface area contributed by atoms with Crippen LogP contribution >= 0.6 is 0 Å². The quantitative estimate of drug-likeness (QED) is 0.174. The molecule has 0 saturated heterocycles. The first-order valence-corrected chi connectivity index (χ1v) is 10.8. The number of unbranched alkanes of at least 4 members (excludes halogenated alkanes) is 12. The van der Waals surface area contributed by atoms with Gasteiger partial charge >= 0.3 is 0 Å². The van der Waals surface area contributed by atoms with E-state index in [1.807, 2.05) is 0 Å². The van der Waals surface area contributed by atoms with Crippen LogP contribution in [-0.2, 0) is 0 Å². The summed E-state index contributed by atoms with van der Waals surface area (Å²) in [5, 5.41) is 0. The molecule has 138 valence electrons. The summed E-state index contributed by atoms with van der Waals surface area (Å²) >= 11 is 0. The van der Waals surface area contributed by atoms with Crippen molar-refractivity contribution in [2.45, 2.75) is 130 Å². The first kappa shape index (κ1) is 22.7. The molecular weight excluding hydrogens is 276 g/mol. The van der Waals surface area contributed by atoms with Crippen molar-refractivity contribution < 1.29 is 0 Å². The molecule has 0 saturated carbocycles. The molecule has 0 fully saturated rings. The Balaban J connectivity index is 3.62. The fourth-order valence-corrected chi connectivity index (χ4v) is 3.62. The molecule has 0 N–H and O–H groups in total. The van der Waals surface area contributed by atoms with Crippen molar-refractivity contribution in [1.82, 2.24) is 0 Å². The van der Waals surface area contributed by atoms with Gasteiger partial charge in [-0.1, -0.05) is 122 Å². The molecule has 0 bridgehead atoms. The summed E-state index contributed by atoms with van der Waals surface area (Å²) in [5.74, 6) is 0.916. The van der Waals surface area contributed by atoms with Crippen LogP contribution < -0.4 is 0 Å². The molecule has 0 unspecified atom stereocenters. The molecule has 0 radical (unpaired) electrons. The van der Waals surface area contributed by atoms with Crippen molar-refractivity contribution in [2.24, 2.45) is 5.92 Å². The van der Waals surface area contributed by atoms with Crippen molar-refractivity contribution in [2.75, 3.05) is 0 Å². The largest absolute Gasteiger partial charge is 0.100 e. The van der Waals surface area contributed by atoms with Gasteiger partial charge in [0.05, 0.1) is 0 Å². The summed E-state index contributed by atoms with van der Waals surface area (Å²) < 4.78 is 0. The fraction of sp³-hybridized carbons (Fsp3) is 0.913. The normalized spacial score (nSPS) is 11.3. The summed E-state index contributed by atoms with van der Waals surface area (Å²) in [7, 11) is 0. The molecule has 0 aliphatic rings. The third kappa shape index (κ3) is 17.9. The Hall–Kier alpha value is -0.260. The lowest BCUT2D eigenvalue weighted by Crippen LogP contribution is -2.02. The number of rotatable bonds is 18. The van der Waals surface area contributed by atoms with E-state index in [2.05, 4.69) is 27.4 Å². The van der Waals surface area contributed by atoms with Crippen LogP contribution in [0.1, 0.15) is 130 Å². The van der Waals surface area contributed by atoms with E-state index in [1.165, 1.54) is 115 Å². The van der Waals surface area contributed by atoms with Crippen LogP contribution in [0, 0.1) is 5.92 Å². The van der Waals surface area contributed by atoms with Gasteiger partial charge in [-0.2, -0.15) is 0 Å². The Morgan fingerprint density at radius 3 is 1.30 bits per heavy atom. The SMILES string of the molecule is C=C(C)CC(CCCCCCCCC)CCCCCCCCC. The van der Waals surface area contributed by atoms with E-state index in [9.17, 15) is 0 Å². The summed E-state index contributed by atoms with van der Waals surface area (Å²) in [6.07, 6.45) is 24.2. The van der Waals surface area contributed by atoms with Gasteiger partial charge in [0.25, 0.3) is 0 Å². The Morgan fingerprint density at radius 1 is 0.609 bits per heavy atom. The van der Waals surface area contributed by atoms with E-state index in [4.69, 9.17) is 0 Å². The van der Waals surface area contributed by atoms with Crippen LogP contribution in [0.2, 0.25) is 0 Å². The Bertz CT molecular complexity index is 222. The van der Waals surface area contributed by atoms with E-state index in [-0.39, 0.29) is 0 Å². The standard InChI is InChI=1S/C23H46/c1-5-7-9-11-13-15-17-19-23(21-22(3)4)20-18-16-14-12-10-8-6-2/h23H,3,5-21H2,1-2,4H3. The van der Waals surface area contributed by atoms with Gasteiger partial charge < -0.3 is 0 Å². The average molecular weight is 323 g/mol. The van der Waals surface area contributed by atoms with Gasteiger partial charge in [-0.05, 0) is 19.3 Å². The van der Waals surface area contributed by atoms with Gasteiger partial charge in [-0.25, -0.2) is 0 Å². The van der Waals surface area contributed by atoms with Gasteiger partial charge in [0.2, 0.25) is 0 Å². The summed E-state index contributed by atoms with van der Waals surface area (Å²) in [6.45, 7) is 11.0. The molecule has 0 heterocycles. The zero-order valence-electron chi connectivity index (χ0n) is 16.8. The van der Waals surface area contributed by atoms with E-state index in [1.54, 1.807) is 0 Å². The molecular formula is C23H46. The van der Waals surface area contributed by atoms with E-state index >= 15 is 0 Å². The van der Waals surface area contributed by atoms with Crippen LogP contribution in [0.4, 0.5) is 0 Å². The van der Waals surface area contributed by atoms with Crippen molar-refractivity contribution in [3.05, 3.63) is 12.2 Å². The predicted molar refractivity (Wildman–Crippen MR) is 108 cm³/mol. The van der Waals surface area contributed by atoms with E-state index < -0.39 is 0 Å². The zero-order valence-corrected chi connectivity index (χ0v) is 16.8. The van der Waals surface area contributed by atoms with E-state index in [0.717, 1.165) is 5.92 Å². The highest BCUT2D eigenvalue weighted by Gasteiger charge is 2.08. The van der Waals surface area contributed by atoms with Crippen LogP contribution in [0.15, 0.2) is 12.2 Å². The van der Waals surface area contributed by atoms with Gasteiger partial charge in [0.1, 0.15) is 0 Å². The Labute approximate surface area is 148 Å². The molecule has 0 heteroatoms. The fourth-order valence-electron chi connectivity index (χ4n) is 3.62. The lowest BCUT2D eigenvalue weighted by molar-refractivity contribution is 0.399. The van der Waals surface area contributed by atoms with Crippen molar-refractivity contribution in [3.8, 4) is 0 Å². The highest BCUT2D eigenvalue weighted by Crippen LogP contribution is 2.24. The number of allylic oxidation sites excluding steroid dienone is 1. The second-order valence-corrected chi connectivity index (χ2v) is 7.85. The molecule has 0 nitrogen and oxygen atoms in total. The second kappa shape index (κ2) is 18.1. The highest BCUT2D eigenvalue weighted by atomic mass is 14.1. The van der Waals surface area contributed by atoms with Crippen LogP contribution in [0.25, 0.3) is 0 Å². The lowest BCUT2D eigenvalue weighted by Gasteiger charge is -2.17. The summed E-state index contributed by atoms with van der Waals surface area (Å²) in [4.78, 5) is 0. The molecule has 0 aliphatic heterocycles. The van der Waals surface area contributed by atoms with Crippen LogP contribution in [0.5, 0.6) is 0 Å². The van der Waals surface area contributed by atoms with Crippen LogP contribution in [-0.4, -0.2) is 0 Å². The number of hydrogen-bond donors (Lipinski definition) is 0. The first-order chi connectivity index (χ1) is 11.2. The maximum Gasteiger partial charge on any atom is -0.0297 e. The van der Waals surface area contributed by atoms with E-state index in [0.29, 0.717) is 0 Å². The van der Waals surface area contributed by atoms with Crippen LogP contribution in [0.3, 0.4) is 0 Å². The monoisotopic (exact) mass is 322 g/mol. The molecule has 0 amide bonds. The van der Waals surface area contributed by atoms with Gasteiger partial charge in [0.15, 0.2) is 0 Å². The van der Waals surface area contributed by atoms with Gasteiger partial charge in [-0.15, -0.1) is 6.58 Å². The molecule has 0 aliphatic carbocycles. The zero-order chi connectivity index (χ0) is 17.2. The minimum Gasteiger partial charge on any atom is -0.100 e. The van der Waals surface area contributed by atoms with Gasteiger partial charge in [-0.3, -0.25) is 0 Å². The molecule has 0 rings (SSSR count). The first-order valence-electron chi connectivity index (χ1n) is 10.8. The molecule has 0 aromatic rings. The minimum atomic E-state index is 0.916. The average Bonchev–Trinajstić information content (AvgIpc) is 2.52. The molecule has 0 atom stereocenters. The highest BCUT2D eigenvalue weighted by molar-refractivity contribution is 4.90. The lowest BCUT2D eigenvalue weighted by atomic mass is 9.89. The molecule has 0 aromatic carbocycles. The smallest absolute Gasteiger partial charge is 0.0297 e. The summed E-state index contributed by atoms with van der Waals surface area (Å²) in [6, 6.07) is 0.